The molecule has 1 aliphatic heterocycles. The van der Waals surface area contributed by atoms with E-state index in [9.17, 15) is 9.59 Å². The summed E-state index contributed by atoms with van der Waals surface area (Å²) in [5, 5.41) is 2.98. The van der Waals surface area contributed by atoms with E-state index in [0.29, 0.717) is 37.6 Å². The first-order chi connectivity index (χ1) is 9.32. The second kappa shape index (κ2) is 6.59. The van der Waals surface area contributed by atoms with Gasteiger partial charge >= 0.3 is 0 Å². The van der Waals surface area contributed by atoms with Crippen LogP contribution in [0.2, 0.25) is 0 Å². The van der Waals surface area contributed by atoms with Crippen LogP contribution < -0.4 is 5.32 Å². The zero-order chi connectivity index (χ0) is 15.5. The maximum absolute atomic E-state index is 12.9. The maximum Gasteiger partial charge on any atom is 0.248 e. The lowest BCUT2D eigenvalue weighted by Crippen LogP contribution is -2.70. The number of carbonyl (C=O) groups excluding carboxylic acids is 2. The van der Waals surface area contributed by atoms with Crippen molar-refractivity contribution < 1.29 is 9.59 Å². The average Bonchev–Trinajstić information content (AvgIpc) is 2.42. The van der Waals surface area contributed by atoms with E-state index in [2.05, 4.69) is 26.1 Å². The summed E-state index contributed by atoms with van der Waals surface area (Å²) in [6.45, 7) is 13.0. The fourth-order valence-corrected chi connectivity index (χ4v) is 2.80. The molecule has 1 heterocycles. The molecule has 4 heteroatoms. The second-order valence-corrected chi connectivity index (χ2v) is 6.38. The van der Waals surface area contributed by atoms with E-state index >= 15 is 0 Å². The van der Waals surface area contributed by atoms with Gasteiger partial charge in [0.15, 0.2) is 0 Å². The van der Waals surface area contributed by atoms with Gasteiger partial charge in [-0.1, -0.05) is 41.5 Å². The Morgan fingerprint density at radius 1 is 1.15 bits per heavy atom. The molecule has 0 aromatic heterocycles. The third-order valence-corrected chi connectivity index (χ3v) is 4.93. The van der Waals surface area contributed by atoms with Crippen LogP contribution in [-0.4, -0.2) is 34.8 Å². The van der Waals surface area contributed by atoms with Crippen molar-refractivity contribution in [3.63, 3.8) is 0 Å². The van der Waals surface area contributed by atoms with Crippen molar-refractivity contribution in [1.82, 2.24) is 10.2 Å². The molecule has 2 amide bonds. The summed E-state index contributed by atoms with van der Waals surface area (Å²) >= 11 is 0. The second-order valence-electron chi connectivity index (χ2n) is 6.38. The molecule has 20 heavy (non-hydrogen) atoms. The highest BCUT2D eigenvalue weighted by Crippen LogP contribution is 2.27. The Balaban J connectivity index is 3.06. The molecule has 0 spiro atoms. The summed E-state index contributed by atoms with van der Waals surface area (Å²) in [6.07, 6.45) is 1.97. The minimum atomic E-state index is -0.695. The van der Waals surface area contributed by atoms with Gasteiger partial charge in [-0.3, -0.25) is 9.59 Å². The predicted molar refractivity (Wildman–Crippen MR) is 81.2 cm³/mol. The third-order valence-electron chi connectivity index (χ3n) is 4.93. The van der Waals surface area contributed by atoms with Gasteiger partial charge in [0.2, 0.25) is 11.8 Å². The molecule has 0 radical (unpaired) electrons. The van der Waals surface area contributed by atoms with Crippen LogP contribution in [0.4, 0.5) is 0 Å². The monoisotopic (exact) mass is 282 g/mol. The molecule has 2 unspecified atom stereocenters. The largest absolute Gasteiger partial charge is 0.340 e. The van der Waals surface area contributed by atoms with Crippen molar-refractivity contribution in [3.8, 4) is 0 Å². The van der Waals surface area contributed by atoms with E-state index < -0.39 is 5.54 Å². The lowest BCUT2D eigenvalue weighted by atomic mass is 9.85. The van der Waals surface area contributed by atoms with Crippen molar-refractivity contribution in [1.29, 1.82) is 0 Å². The highest BCUT2D eigenvalue weighted by atomic mass is 16.2. The lowest BCUT2D eigenvalue weighted by Gasteiger charge is -2.46. The van der Waals surface area contributed by atoms with E-state index in [-0.39, 0.29) is 17.9 Å². The van der Waals surface area contributed by atoms with Crippen LogP contribution in [0, 0.1) is 11.8 Å². The van der Waals surface area contributed by atoms with Gasteiger partial charge < -0.3 is 10.2 Å². The molecule has 116 valence electrons. The van der Waals surface area contributed by atoms with Crippen LogP contribution >= 0.6 is 0 Å². The first-order valence-corrected chi connectivity index (χ1v) is 7.96. The molecule has 1 fully saturated rings. The lowest BCUT2D eigenvalue weighted by molar-refractivity contribution is -0.156. The number of carbonyl (C=O) groups is 2. The van der Waals surface area contributed by atoms with Crippen LogP contribution in [0.3, 0.4) is 0 Å². The van der Waals surface area contributed by atoms with Crippen molar-refractivity contribution in [3.05, 3.63) is 0 Å². The summed E-state index contributed by atoms with van der Waals surface area (Å²) in [4.78, 5) is 27.1. The standard InChI is InChI=1S/C16H30N2O2/c1-7-13-14(19)17-16(8-2,9-3)15(20)18(13)10-12(6)11(4)5/h11-13H,7-10H2,1-6H3,(H,17,19). The topological polar surface area (TPSA) is 49.4 Å². The fraction of sp³-hybridized carbons (Fsp3) is 0.875. The van der Waals surface area contributed by atoms with Crippen LogP contribution in [0.15, 0.2) is 0 Å². The van der Waals surface area contributed by atoms with E-state index in [1.165, 1.54) is 0 Å². The van der Waals surface area contributed by atoms with Crippen LogP contribution in [0.25, 0.3) is 0 Å². The Kier molecular flexibility index (Phi) is 5.60. The highest BCUT2D eigenvalue weighted by molar-refractivity contribution is 5.99. The molecule has 1 aliphatic rings. The van der Waals surface area contributed by atoms with E-state index in [0.717, 1.165) is 0 Å². The molecule has 2 atom stereocenters. The minimum Gasteiger partial charge on any atom is -0.340 e. The predicted octanol–water partition coefficient (Wildman–Crippen LogP) is 2.57. The number of rotatable bonds is 6. The molecule has 0 saturated carbocycles. The number of nitrogens with zero attached hydrogens (tertiary/aromatic N) is 1. The van der Waals surface area contributed by atoms with Gasteiger partial charge in [0.25, 0.3) is 0 Å². The Bertz CT molecular complexity index is 361. The summed E-state index contributed by atoms with van der Waals surface area (Å²) in [5.41, 5.74) is -0.695. The van der Waals surface area contributed by atoms with E-state index in [1.54, 1.807) is 0 Å². The van der Waals surface area contributed by atoms with Crippen molar-refractivity contribution in [2.24, 2.45) is 11.8 Å². The summed E-state index contributed by atoms with van der Waals surface area (Å²) in [7, 11) is 0. The number of amides is 2. The summed E-state index contributed by atoms with van der Waals surface area (Å²) < 4.78 is 0. The van der Waals surface area contributed by atoms with Gasteiger partial charge in [0.1, 0.15) is 11.6 Å². The fourth-order valence-electron chi connectivity index (χ4n) is 2.80. The number of nitrogens with one attached hydrogen (secondary N) is 1. The number of hydrogen-bond acceptors (Lipinski definition) is 2. The zero-order valence-corrected chi connectivity index (χ0v) is 13.8. The molecule has 0 bridgehead atoms. The van der Waals surface area contributed by atoms with Gasteiger partial charge in [-0.25, -0.2) is 0 Å². The highest BCUT2D eigenvalue weighted by Gasteiger charge is 2.48. The van der Waals surface area contributed by atoms with E-state index in [1.807, 2.05) is 25.7 Å². The average molecular weight is 282 g/mol. The van der Waals surface area contributed by atoms with Gasteiger partial charge in [0, 0.05) is 6.54 Å². The van der Waals surface area contributed by atoms with Gasteiger partial charge in [-0.05, 0) is 31.1 Å². The molecular weight excluding hydrogens is 252 g/mol. The first-order valence-electron chi connectivity index (χ1n) is 7.96. The van der Waals surface area contributed by atoms with Crippen molar-refractivity contribution in [2.45, 2.75) is 72.4 Å². The minimum absolute atomic E-state index is 0.00626. The smallest absolute Gasteiger partial charge is 0.248 e. The van der Waals surface area contributed by atoms with Crippen molar-refractivity contribution in [2.75, 3.05) is 6.54 Å². The van der Waals surface area contributed by atoms with Gasteiger partial charge in [-0.2, -0.15) is 0 Å². The van der Waals surface area contributed by atoms with Crippen LogP contribution in [0.5, 0.6) is 0 Å². The summed E-state index contributed by atoms with van der Waals surface area (Å²) in [6, 6.07) is -0.310. The third kappa shape index (κ3) is 2.99. The number of piperazine rings is 1. The normalized spacial score (nSPS) is 23.9. The zero-order valence-electron chi connectivity index (χ0n) is 13.8. The molecule has 1 saturated heterocycles. The Morgan fingerprint density at radius 2 is 1.70 bits per heavy atom. The van der Waals surface area contributed by atoms with E-state index in [4.69, 9.17) is 0 Å². The Morgan fingerprint density at radius 3 is 2.10 bits per heavy atom. The van der Waals surface area contributed by atoms with Crippen molar-refractivity contribution >= 4 is 11.8 Å². The molecule has 0 aliphatic carbocycles. The molecule has 1 rings (SSSR count). The molecular formula is C16H30N2O2. The van der Waals surface area contributed by atoms with Gasteiger partial charge in [-0.15, -0.1) is 0 Å². The SMILES string of the molecule is CCC1C(=O)NC(CC)(CC)C(=O)N1CC(C)C(C)C. The number of hydrogen-bond donors (Lipinski definition) is 1. The Labute approximate surface area is 123 Å². The summed E-state index contributed by atoms with van der Waals surface area (Å²) in [5.74, 6) is 1.00. The van der Waals surface area contributed by atoms with Gasteiger partial charge in [0.05, 0.1) is 0 Å². The Hall–Kier alpha value is -1.06. The van der Waals surface area contributed by atoms with Crippen LogP contribution in [-0.2, 0) is 9.59 Å². The molecule has 0 aromatic carbocycles. The quantitative estimate of drug-likeness (QED) is 0.814. The molecule has 4 nitrogen and oxygen atoms in total. The van der Waals surface area contributed by atoms with Crippen LogP contribution in [0.1, 0.15) is 60.8 Å². The molecule has 1 N–H and O–H groups in total. The first kappa shape index (κ1) is 17.0. The maximum atomic E-state index is 12.9. The molecule has 0 aromatic rings.